The van der Waals surface area contributed by atoms with Crippen LogP contribution >= 0.6 is 0 Å². The molecule has 0 radical (unpaired) electrons. The molecule has 6 heteroatoms. The number of carbonyl (C=O) groups is 3. The Morgan fingerprint density at radius 1 is 1.18 bits per heavy atom. The van der Waals surface area contributed by atoms with Crippen LogP contribution in [0.5, 0.6) is 0 Å². The fraction of sp³-hybridized carbons (Fsp3) is 0.438. The Morgan fingerprint density at radius 2 is 1.95 bits per heavy atom. The van der Waals surface area contributed by atoms with Crippen molar-refractivity contribution in [1.29, 1.82) is 0 Å². The highest BCUT2D eigenvalue weighted by molar-refractivity contribution is 6.01. The van der Waals surface area contributed by atoms with Gasteiger partial charge in [0.15, 0.2) is 0 Å². The van der Waals surface area contributed by atoms with Crippen LogP contribution in [0.25, 0.3) is 0 Å². The van der Waals surface area contributed by atoms with Gasteiger partial charge in [0.1, 0.15) is 0 Å². The number of anilines is 1. The molecule has 2 aliphatic heterocycles. The van der Waals surface area contributed by atoms with Crippen molar-refractivity contribution in [1.82, 2.24) is 10.2 Å². The number of benzene rings is 1. The van der Waals surface area contributed by atoms with Gasteiger partial charge in [-0.15, -0.1) is 0 Å². The predicted molar refractivity (Wildman–Crippen MR) is 81.4 cm³/mol. The van der Waals surface area contributed by atoms with E-state index < -0.39 is 0 Å². The average Bonchev–Trinajstić information content (AvgIpc) is 2.70. The quantitative estimate of drug-likeness (QED) is 0.824. The van der Waals surface area contributed by atoms with E-state index in [2.05, 4.69) is 5.32 Å². The summed E-state index contributed by atoms with van der Waals surface area (Å²) in [7, 11) is 3.89. The molecule has 0 saturated carbocycles. The second-order valence-electron chi connectivity index (χ2n) is 6.00. The SMILES string of the molecule is CN(C)c1cccc2c1CN(C1CCC(=O)NC(=O)C1)C2=O. The lowest BCUT2D eigenvalue weighted by Gasteiger charge is -2.25. The van der Waals surface area contributed by atoms with Gasteiger partial charge in [-0.3, -0.25) is 19.7 Å². The van der Waals surface area contributed by atoms with Crippen LogP contribution in [-0.2, 0) is 16.1 Å². The predicted octanol–water partition coefficient (Wildman–Crippen LogP) is 0.904. The Bertz CT molecular complexity index is 654. The summed E-state index contributed by atoms with van der Waals surface area (Å²) in [5, 5.41) is 2.34. The number of rotatable bonds is 2. The third-order valence-corrected chi connectivity index (χ3v) is 4.30. The molecule has 1 unspecified atom stereocenters. The van der Waals surface area contributed by atoms with Gasteiger partial charge < -0.3 is 9.80 Å². The first-order chi connectivity index (χ1) is 10.5. The molecule has 2 heterocycles. The molecule has 0 bridgehead atoms. The standard InChI is InChI=1S/C16H19N3O3/c1-18(2)13-5-3-4-11-12(13)9-19(16(11)22)10-6-7-14(20)17-15(21)8-10/h3-5,10H,6-9H2,1-2H3,(H,17,20,21). The van der Waals surface area contributed by atoms with E-state index in [-0.39, 0.29) is 36.6 Å². The number of imide groups is 1. The summed E-state index contributed by atoms with van der Waals surface area (Å²) in [6.45, 7) is 0.495. The minimum absolute atomic E-state index is 0.0501. The fourth-order valence-electron chi connectivity index (χ4n) is 3.20. The van der Waals surface area contributed by atoms with Crippen molar-refractivity contribution in [2.75, 3.05) is 19.0 Å². The second kappa shape index (κ2) is 5.44. The molecule has 0 aromatic heterocycles. The van der Waals surface area contributed by atoms with Gasteiger partial charge in [0.25, 0.3) is 5.91 Å². The van der Waals surface area contributed by atoms with Gasteiger partial charge in [0.2, 0.25) is 11.8 Å². The number of carbonyl (C=O) groups excluding carboxylic acids is 3. The zero-order chi connectivity index (χ0) is 15.9. The van der Waals surface area contributed by atoms with E-state index in [4.69, 9.17) is 0 Å². The highest BCUT2D eigenvalue weighted by Gasteiger charge is 2.36. The van der Waals surface area contributed by atoms with Gasteiger partial charge >= 0.3 is 0 Å². The van der Waals surface area contributed by atoms with Gasteiger partial charge in [0, 0.05) is 56.3 Å². The Balaban J connectivity index is 1.89. The summed E-state index contributed by atoms with van der Waals surface area (Å²) < 4.78 is 0. The molecular formula is C16H19N3O3. The third kappa shape index (κ3) is 2.45. The average molecular weight is 301 g/mol. The molecule has 1 saturated heterocycles. The van der Waals surface area contributed by atoms with E-state index in [1.165, 1.54) is 0 Å². The maximum atomic E-state index is 12.7. The molecule has 1 fully saturated rings. The van der Waals surface area contributed by atoms with Crippen molar-refractivity contribution in [2.45, 2.75) is 31.8 Å². The van der Waals surface area contributed by atoms with E-state index in [1.54, 1.807) is 4.90 Å². The van der Waals surface area contributed by atoms with Gasteiger partial charge in [-0.1, -0.05) is 6.07 Å². The van der Waals surface area contributed by atoms with E-state index in [0.717, 1.165) is 11.3 Å². The molecule has 0 aliphatic carbocycles. The lowest BCUT2D eigenvalue weighted by Crippen LogP contribution is -2.37. The number of fused-ring (bicyclic) bond motifs is 1. The highest BCUT2D eigenvalue weighted by Crippen LogP contribution is 2.33. The third-order valence-electron chi connectivity index (χ3n) is 4.30. The first-order valence-corrected chi connectivity index (χ1v) is 7.40. The monoisotopic (exact) mass is 301 g/mol. The summed E-state index contributed by atoms with van der Waals surface area (Å²) in [5.41, 5.74) is 2.71. The molecule has 2 aliphatic rings. The normalized spacial score (nSPS) is 21.5. The Hall–Kier alpha value is -2.37. The van der Waals surface area contributed by atoms with Crippen molar-refractivity contribution in [3.8, 4) is 0 Å². The van der Waals surface area contributed by atoms with Crippen LogP contribution in [0.4, 0.5) is 5.69 Å². The molecular weight excluding hydrogens is 282 g/mol. The first kappa shape index (κ1) is 14.6. The Labute approximate surface area is 129 Å². The van der Waals surface area contributed by atoms with Gasteiger partial charge in [-0.05, 0) is 18.6 Å². The van der Waals surface area contributed by atoms with Crippen LogP contribution in [-0.4, -0.2) is 42.8 Å². The smallest absolute Gasteiger partial charge is 0.254 e. The van der Waals surface area contributed by atoms with Crippen LogP contribution in [0, 0.1) is 0 Å². The van der Waals surface area contributed by atoms with Crippen LogP contribution in [0.3, 0.4) is 0 Å². The lowest BCUT2D eigenvalue weighted by molar-refractivity contribution is -0.129. The van der Waals surface area contributed by atoms with E-state index in [1.807, 2.05) is 37.2 Å². The second-order valence-corrected chi connectivity index (χ2v) is 6.00. The van der Waals surface area contributed by atoms with Gasteiger partial charge in [-0.2, -0.15) is 0 Å². The number of hydrogen-bond donors (Lipinski definition) is 1. The molecule has 116 valence electrons. The van der Waals surface area contributed by atoms with Crippen LogP contribution in [0.15, 0.2) is 18.2 Å². The topological polar surface area (TPSA) is 69.7 Å². The maximum absolute atomic E-state index is 12.7. The number of hydrogen-bond acceptors (Lipinski definition) is 4. The molecule has 3 amide bonds. The zero-order valence-corrected chi connectivity index (χ0v) is 12.8. The fourth-order valence-corrected chi connectivity index (χ4v) is 3.20. The molecule has 6 nitrogen and oxygen atoms in total. The molecule has 1 atom stereocenters. The first-order valence-electron chi connectivity index (χ1n) is 7.40. The van der Waals surface area contributed by atoms with Gasteiger partial charge in [-0.25, -0.2) is 0 Å². The molecule has 1 aromatic carbocycles. The van der Waals surface area contributed by atoms with Crippen molar-refractivity contribution < 1.29 is 14.4 Å². The maximum Gasteiger partial charge on any atom is 0.254 e. The molecule has 1 aromatic rings. The molecule has 1 N–H and O–H groups in total. The van der Waals surface area contributed by atoms with Crippen molar-refractivity contribution >= 4 is 23.4 Å². The summed E-state index contributed by atoms with van der Waals surface area (Å²) in [6, 6.07) is 5.46. The van der Waals surface area contributed by atoms with Crippen LogP contribution in [0.2, 0.25) is 0 Å². The summed E-state index contributed by atoms with van der Waals surface area (Å²) >= 11 is 0. The van der Waals surface area contributed by atoms with Crippen LogP contribution in [0.1, 0.15) is 35.2 Å². The molecule has 22 heavy (non-hydrogen) atoms. The lowest BCUT2D eigenvalue weighted by atomic mass is 10.1. The summed E-state index contributed by atoms with van der Waals surface area (Å²) in [5.74, 6) is -0.611. The van der Waals surface area contributed by atoms with Crippen molar-refractivity contribution in [3.05, 3.63) is 29.3 Å². The van der Waals surface area contributed by atoms with E-state index in [0.29, 0.717) is 18.5 Å². The van der Waals surface area contributed by atoms with E-state index in [9.17, 15) is 14.4 Å². The highest BCUT2D eigenvalue weighted by atomic mass is 16.2. The van der Waals surface area contributed by atoms with Crippen molar-refractivity contribution in [2.24, 2.45) is 0 Å². The van der Waals surface area contributed by atoms with Crippen molar-refractivity contribution in [3.63, 3.8) is 0 Å². The number of nitrogens with one attached hydrogen (secondary N) is 1. The zero-order valence-electron chi connectivity index (χ0n) is 12.8. The van der Waals surface area contributed by atoms with E-state index >= 15 is 0 Å². The molecule has 0 spiro atoms. The minimum Gasteiger partial charge on any atom is -0.377 e. The summed E-state index contributed by atoms with van der Waals surface area (Å²) in [6.07, 6.45) is 0.981. The number of nitrogens with zero attached hydrogens (tertiary/aromatic N) is 2. The van der Waals surface area contributed by atoms with Gasteiger partial charge in [0.05, 0.1) is 0 Å². The Morgan fingerprint density at radius 3 is 2.68 bits per heavy atom. The number of amides is 3. The summed E-state index contributed by atoms with van der Waals surface area (Å²) in [4.78, 5) is 39.6. The largest absolute Gasteiger partial charge is 0.377 e. The Kier molecular flexibility index (Phi) is 3.60. The minimum atomic E-state index is -0.302. The van der Waals surface area contributed by atoms with Crippen LogP contribution < -0.4 is 10.2 Å². The molecule has 3 rings (SSSR count).